The third kappa shape index (κ3) is 6.71. The minimum atomic E-state index is -3.23. The Morgan fingerprint density at radius 3 is 2.26 bits per heavy atom. The maximum absolute atomic E-state index is 14.1. The molecule has 0 unspecified atom stereocenters. The normalized spacial score (nSPS) is 15.8. The summed E-state index contributed by atoms with van der Waals surface area (Å²) in [6, 6.07) is 9.05. The van der Waals surface area contributed by atoms with E-state index in [1.807, 2.05) is 0 Å². The van der Waals surface area contributed by atoms with Gasteiger partial charge >= 0.3 is 6.03 Å². The molecule has 1 saturated heterocycles. The molecule has 2 aromatic carbocycles. The summed E-state index contributed by atoms with van der Waals surface area (Å²) in [6.45, 7) is 1.87. The maximum atomic E-state index is 14.1. The van der Waals surface area contributed by atoms with Crippen molar-refractivity contribution in [3.05, 3.63) is 59.7 Å². The number of sulfonamides is 1. The van der Waals surface area contributed by atoms with Crippen LogP contribution in [0.4, 0.5) is 25.0 Å². The highest BCUT2D eigenvalue weighted by atomic mass is 32.2. The molecule has 10 heteroatoms. The fourth-order valence-corrected chi connectivity index (χ4v) is 4.36. The Bertz CT molecular complexity index is 1020. The summed E-state index contributed by atoms with van der Waals surface area (Å²) >= 11 is 0. The Hall–Kier alpha value is -2.56. The number of piperidine rings is 1. The standard InChI is InChI=1S/C21H26F2N4O3S/c1-26(31(2,29)30)20-7-9-27(10-8-20)14-15-11-17(23)13-19(12-15)25-21(28)24-18-5-3-16(22)4-6-18/h3-6,11-13,20H,7-10,14H2,1-2H3,(H2,24,25,28). The van der Waals surface area contributed by atoms with Crippen molar-refractivity contribution in [3.63, 3.8) is 0 Å². The second-order valence-corrected chi connectivity index (χ2v) is 9.76. The number of hydrogen-bond acceptors (Lipinski definition) is 4. The van der Waals surface area contributed by atoms with E-state index in [1.54, 1.807) is 13.1 Å². The fourth-order valence-electron chi connectivity index (χ4n) is 3.61. The molecule has 0 saturated carbocycles. The van der Waals surface area contributed by atoms with Gasteiger partial charge in [-0.25, -0.2) is 26.3 Å². The van der Waals surface area contributed by atoms with Crippen molar-refractivity contribution >= 4 is 27.4 Å². The number of urea groups is 1. The monoisotopic (exact) mass is 452 g/mol. The van der Waals surface area contributed by atoms with Crippen molar-refractivity contribution in [2.24, 2.45) is 0 Å². The van der Waals surface area contributed by atoms with E-state index >= 15 is 0 Å². The molecule has 0 atom stereocenters. The molecule has 7 nitrogen and oxygen atoms in total. The van der Waals surface area contributed by atoms with Crippen LogP contribution in [-0.2, 0) is 16.6 Å². The highest BCUT2D eigenvalue weighted by Gasteiger charge is 2.27. The van der Waals surface area contributed by atoms with Crippen LogP contribution >= 0.6 is 0 Å². The predicted molar refractivity (Wildman–Crippen MR) is 116 cm³/mol. The minimum Gasteiger partial charge on any atom is -0.308 e. The van der Waals surface area contributed by atoms with Gasteiger partial charge < -0.3 is 10.6 Å². The molecular weight excluding hydrogens is 426 g/mol. The van der Waals surface area contributed by atoms with Crippen molar-refractivity contribution in [2.75, 3.05) is 37.0 Å². The van der Waals surface area contributed by atoms with Crippen LogP contribution in [0.15, 0.2) is 42.5 Å². The van der Waals surface area contributed by atoms with Gasteiger partial charge in [-0.15, -0.1) is 0 Å². The SMILES string of the molecule is CN(C1CCN(Cc2cc(F)cc(NC(=O)Nc3ccc(F)cc3)c2)CC1)S(C)(=O)=O. The average Bonchev–Trinajstić information content (AvgIpc) is 2.68. The number of carbonyl (C=O) groups excluding carboxylic acids is 1. The van der Waals surface area contributed by atoms with E-state index in [0.29, 0.717) is 49.4 Å². The number of nitrogens with one attached hydrogen (secondary N) is 2. The first-order valence-corrected chi connectivity index (χ1v) is 11.7. The molecule has 2 aromatic rings. The van der Waals surface area contributed by atoms with E-state index in [9.17, 15) is 22.0 Å². The number of rotatable bonds is 6. The molecule has 1 aliphatic heterocycles. The van der Waals surface area contributed by atoms with Gasteiger partial charge in [-0.05, 0) is 60.9 Å². The van der Waals surface area contributed by atoms with Gasteiger partial charge in [-0.1, -0.05) is 0 Å². The average molecular weight is 453 g/mol. The topological polar surface area (TPSA) is 81.8 Å². The number of carbonyl (C=O) groups is 1. The molecule has 1 aliphatic rings. The zero-order valence-corrected chi connectivity index (χ0v) is 18.3. The predicted octanol–water partition coefficient (Wildman–Crippen LogP) is 3.46. The molecule has 0 bridgehead atoms. The van der Waals surface area contributed by atoms with Gasteiger partial charge in [-0.3, -0.25) is 4.90 Å². The van der Waals surface area contributed by atoms with Crippen molar-refractivity contribution in [3.8, 4) is 0 Å². The van der Waals surface area contributed by atoms with Crippen LogP contribution in [-0.4, -0.2) is 56.1 Å². The first-order chi connectivity index (χ1) is 14.6. The highest BCUT2D eigenvalue weighted by molar-refractivity contribution is 7.88. The summed E-state index contributed by atoms with van der Waals surface area (Å²) < 4.78 is 51.9. The lowest BCUT2D eigenvalue weighted by molar-refractivity contribution is 0.164. The molecule has 2 amide bonds. The lowest BCUT2D eigenvalue weighted by Crippen LogP contribution is -2.44. The zero-order valence-electron chi connectivity index (χ0n) is 17.4. The quantitative estimate of drug-likeness (QED) is 0.703. The minimum absolute atomic E-state index is 0.0360. The van der Waals surface area contributed by atoms with Gasteiger partial charge in [0.1, 0.15) is 11.6 Å². The lowest BCUT2D eigenvalue weighted by atomic mass is 10.0. The van der Waals surface area contributed by atoms with Crippen molar-refractivity contribution < 1.29 is 22.0 Å². The third-order valence-corrected chi connectivity index (χ3v) is 6.66. The molecule has 0 radical (unpaired) electrons. The van der Waals surface area contributed by atoms with Crippen molar-refractivity contribution in [2.45, 2.75) is 25.4 Å². The molecule has 2 N–H and O–H groups in total. The largest absolute Gasteiger partial charge is 0.323 e. The Morgan fingerprint density at radius 2 is 1.65 bits per heavy atom. The first kappa shape index (κ1) is 23.1. The number of amides is 2. The van der Waals surface area contributed by atoms with Crippen LogP contribution in [0.25, 0.3) is 0 Å². The van der Waals surface area contributed by atoms with Crippen LogP contribution in [0.2, 0.25) is 0 Å². The molecule has 3 rings (SSSR count). The Balaban J connectivity index is 1.57. The molecule has 1 heterocycles. The van der Waals surface area contributed by atoms with Gasteiger partial charge in [-0.2, -0.15) is 0 Å². The van der Waals surface area contributed by atoms with Gasteiger partial charge in [0.25, 0.3) is 0 Å². The second kappa shape index (κ2) is 9.71. The van der Waals surface area contributed by atoms with Gasteiger partial charge in [0.05, 0.1) is 6.26 Å². The summed E-state index contributed by atoms with van der Waals surface area (Å²) in [5, 5.41) is 5.15. The fraction of sp³-hybridized carbons (Fsp3) is 0.381. The highest BCUT2D eigenvalue weighted by Crippen LogP contribution is 2.21. The summed E-state index contributed by atoms with van der Waals surface area (Å²) in [7, 11) is -1.63. The van der Waals surface area contributed by atoms with Crippen LogP contribution < -0.4 is 10.6 Å². The summed E-state index contributed by atoms with van der Waals surface area (Å²) in [5.74, 6) is -0.881. The molecule has 0 aliphatic carbocycles. The molecule has 0 spiro atoms. The number of likely N-dealkylation sites (tertiary alicyclic amines) is 1. The zero-order chi connectivity index (χ0) is 22.6. The van der Waals surface area contributed by atoms with E-state index in [0.717, 1.165) is 0 Å². The number of benzene rings is 2. The summed E-state index contributed by atoms with van der Waals surface area (Å²) in [5.41, 5.74) is 1.42. The van der Waals surface area contributed by atoms with Crippen LogP contribution in [0.5, 0.6) is 0 Å². The summed E-state index contributed by atoms with van der Waals surface area (Å²) in [4.78, 5) is 14.3. The molecule has 0 aromatic heterocycles. The van der Waals surface area contributed by atoms with E-state index in [1.165, 1.54) is 47.0 Å². The molecular formula is C21H26F2N4O3S. The van der Waals surface area contributed by atoms with E-state index in [4.69, 9.17) is 0 Å². The van der Waals surface area contributed by atoms with Crippen LogP contribution in [0.1, 0.15) is 18.4 Å². The van der Waals surface area contributed by atoms with Gasteiger partial charge in [0.2, 0.25) is 10.0 Å². The Kier molecular flexibility index (Phi) is 7.24. The second-order valence-electron chi connectivity index (χ2n) is 7.72. The Morgan fingerprint density at radius 1 is 1.03 bits per heavy atom. The maximum Gasteiger partial charge on any atom is 0.323 e. The number of nitrogens with zero attached hydrogens (tertiary/aromatic N) is 2. The Labute approximate surface area is 181 Å². The smallest absolute Gasteiger partial charge is 0.308 e. The van der Waals surface area contributed by atoms with E-state index < -0.39 is 27.7 Å². The van der Waals surface area contributed by atoms with Crippen LogP contribution in [0.3, 0.4) is 0 Å². The molecule has 1 fully saturated rings. The number of hydrogen-bond donors (Lipinski definition) is 2. The van der Waals surface area contributed by atoms with Crippen molar-refractivity contribution in [1.29, 1.82) is 0 Å². The van der Waals surface area contributed by atoms with E-state index in [-0.39, 0.29) is 6.04 Å². The first-order valence-electron chi connectivity index (χ1n) is 9.88. The van der Waals surface area contributed by atoms with Crippen LogP contribution in [0, 0.1) is 11.6 Å². The van der Waals surface area contributed by atoms with Gasteiger partial charge in [0.15, 0.2) is 0 Å². The number of anilines is 2. The van der Waals surface area contributed by atoms with Gasteiger partial charge in [0, 0.05) is 44.1 Å². The van der Waals surface area contributed by atoms with E-state index in [2.05, 4.69) is 15.5 Å². The van der Waals surface area contributed by atoms with Crippen molar-refractivity contribution in [1.82, 2.24) is 9.21 Å². The third-order valence-electron chi connectivity index (χ3n) is 5.32. The molecule has 31 heavy (non-hydrogen) atoms. The number of halogens is 2. The lowest BCUT2D eigenvalue weighted by Gasteiger charge is -2.35. The molecule has 168 valence electrons. The summed E-state index contributed by atoms with van der Waals surface area (Å²) in [6.07, 6.45) is 2.60.